The van der Waals surface area contributed by atoms with Crippen LogP contribution in [0.1, 0.15) is 77.7 Å². The van der Waals surface area contributed by atoms with E-state index in [1.807, 2.05) is 6.08 Å². The number of amides is 4. The van der Waals surface area contributed by atoms with Crippen LogP contribution in [0.5, 0.6) is 0 Å². The lowest BCUT2D eigenvalue weighted by Crippen LogP contribution is -2.39. The first-order chi connectivity index (χ1) is 28.4. The smallest absolute Gasteiger partial charge is 0.269 e. The largest absolute Gasteiger partial charge is 0.369 e. The SMILES string of the molecule is CN(C)C(=O)c1cc2c(-c3ccc(N4CCC(c5ncc(C6CCC(=O)NC6=O)cc5F)CC4)c(F)c3F)cc(C3=CCCN(C(=O)CCn4cccn4)C3)c(F)c2[nH]1. The van der Waals surface area contributed by atoms with E-state index < -0.39 is 41.0 Å². The molecular weight excluding hydrogens is 769 g/mol. The van der Waals surface area contributed by atoms with Crippen molar-refractivity contribution in [2.75, 3.05) is 45.2 Å². The quantitative estimate of drug-likeness (QED) is 0.132. The van der Waals surface area contributed by atoms with Gasteiger partial charge < -0.3 is 19.7 Å². The number of halogens is 4. The lowest BCUT2D eigenvalue weighted by Gasteiger charge is -2.34. The van der Waals surface area contributed by atoms with Gasteiger partial charge in [-0.1, -0.05) is 6.08 Å². The molecule has 0 spiro atoms. The number of benzene rings is 2. The Labute approximate surface area is 336 Å². The molecule has 2 N–H and O–H groups in total. The van der Waals surface area contributed by atoms with Crippen molar-refractivity contribution in [3.05, 3.63) is 107 Å². The second kappa shape index (κ2) is 16.1. The van der Waals surface area contributed by atoms with E-state index in [2.05, 4.69) is 20.4 Å². The van der Waals surface area contributed by atoms with Crippen LogP contribution < -0.4 is 10.2 Å². The van der Waals surface area contributed by atoms with Crippen LogP contribution >= 0.6 is 0 Å². The Bertz CT molecular complexity index is 2510. The summed E-state index contributed by atoms with van der Waals surface area (Å²) in [6, 6.07) is 8.84. The second-order valence-corrected chi connectivity index (χ2v) is 15.5. The van der Waals surface area contributed by atoms with Crippen LogP contribution in [0, 0.1) is 23.3 Å². The number of carbonyl (C=O) groups excluding carboxylic acids is 4. The maximum Gasteiger partial charge on any atom is 0.269 e. The Balaban J connectivity index is 1.05. The Kier molecular flexibility index (Phi) is 10.8. The van der Waals surface area contributed by atoms with Gasteiger partial charge in [-0.15, -0.1) is 0 Å². The van der Waals surface area contributed by atoms with E-state index in [4.69, 9.17) is 0 Å². The van der Waals surface area contributed by atoms with E-state index in [1.165, 1.54) is 41.4 Å². The maximum absolute atomic E-state index is 16.5. The predicted octanol–water partition coefficient (Wildman–Crippen LogP) is 6.29. The van der Waals surface area contributed by atoms with Gasteiger partial charge in [-0.05, 0) is 78.8 Å². The fourth-order valence-corrected chi connectivity index (χ4v) is 8.38. The van der Waals surface area contributed by atoms with Gasteiger partial charge in [0.05, 0.1) is 22.8 Å². The minimum Gasteiger partial charge on any atom is -0.369 e. The second-order valence-electron chi connectivity index (χ2n) is 15.5. The van der Waals surface area contributed by atoms with E-state index in [0.717, 1.165) is 0 Å². The van der Waals surface area contributed by atoms with Crippen LogP contribution in [-0.2, 0) is 20.9 Å². The summed E-state index contributed by atoms with van der Waals surface area (Å²) in [6.45, 7) is 1.47. The summed E-state index contributed by atoms with van der Waals surface area (Å²) in [5.74, 6) is -5.91. The zero-order valence-corrected chi connectivity index (χ0v) is 32.5. The first-order valence-corrected chi connectivity index (χ1v) is 19.6. The molecule has 4 amide bonds. The van der Waals surface area contributed by atoms with Gasteiger partial charge in [0.15, 0.2) is 17.5 Å². The molecule has 2 saturated heterocycles. The monoisotopic (exact) mass is 810 g/mol. The molecule has 6 heterocycles. The lowest BCUT2D eigenvalue weighted by atomic mass is 9.89. The molecule has 3 aromatic heterocycles. The number of aromatic nitrogens is 4. The third kappa shape index (κ3) is 7.70. The highest BCUT2D eigenvalue weighted by molar-refractivity contribution is 6.05. The fraction of sp³-hybridized carbons (Fsp3) is 0.349. The summed E-state index contributed by atoms with van der Waals surface area (Å²) in [4.78, 5) is 62.0. The molecule has 12 nitrogen and oxygen atoms in total. The molecule has 306 valence electrons. The predicted molar refractivity (Wildman–Crippen MR) is 211 cm³/mol. The third-order valence-electron chi connectivity index (χ3n) is 11.6. The lowest BCUT2D eigenvalue weighted by molar-refractivity contribution is -0.134. The number of piperidine rings is 2. The van der Waals surface area contributed by atoms with Crippen LogP contribution in [-0.4, -0.2) is 93.5 Å². The number of pyridine rings is 1. The minimum absolute atomic E-state index is 0.0155. The van der Waals surface area contributed by atoms with Crippen LogP contribution in [0.4, 0.5) is 23.2 Å². The molecule has 3 aliphatic heterocycles. The van der Waals surface area contributed by atoms with Gasteiger partial charge in [0.25, 0.3) is 5.91 Å². The first-order valence-electron chi connectivity index (χ1n) is 19.6. The summed E-state index contributed by atoms with van der Waals surface area (Å²) in [6.07, 6.45) is 8.56. The third-order valence-corrected chi connectivity index (χ3v) is 11.6. The number of carbonyl (C=O) groups is 4. The molecule has 0 aliphatic carbocycles. The Morgan fingerprint density at radius 3 is 2.44 bits per heavy atom. The summed E-state index contributed by atoms with van der Waals surface area (Å²) in [5.41, 5.74) is 1.26. The van der Waals surface area contributed by atoms with E-state index in [9.17, 15) is 19.2 Å². The Morgan fingerprint density at radius 1 is 0.932 bits per heavy atom. The minimum atomic E-state index is -1.16. The van der Waals surface area contributed by atoms with Crippen LogP contribution in [0.25, 0.3) is 27.6 Å². The normalized spacial score (nSPS) is 17.7. The molecule has 2 aromatic carbocycles. The van der Waals surface area contributed by atoms with Crippen LogP contribution in [0.3, 0.4) is 0 Å². The molecule has 3 aliphatic rings. The Hall–Kier alpha value is -6.32. The van der Waals surface area contributed by atoms with Crippen molar-refractivity contribution >= 4 is 45.8 Å². The summed E-state index contributed by atoms with van der Waals surface area (Å²) in [7, 11) is 3.09. The molecule has 0 bridgehead atoms. The molecule has 16 heteroatoms. The summed E-state index contributed by atoms with van der Waals surface area (Å²) < 4.78 is 66.3. The molecule has 5 aromatic rings. The zero-order valence-electron chi connectivity index (χ0n) is 32.5. The first kappa shape index (κ1) is 39.5. The number of fused-ring (bicyclic) bond motifs is 1. The van der Waals surface area contributed by atoms with Crippen molar-refractivity contribution in [3.8, 4) is 11.1 Å². The van der Waals surface area contributed by atoms with E-state index in [1.54, 1.807) is 47.0 Å². The molecule has 0 saturated carbocycles. The van der Waals surface area contributed by atoms with Gasteiger partial charge in [0, 0.05) is 101 Å². The van der Waals surface area contributed by atoms with Gasteiger partial charge in [0.2, 0.25) is 17.7 Å². The van der Waals surface area contributed by atoms with Gasteiger partial charge in [0.1, 0.15) is 11.5 Å². The van der Waals surface area contributed by atoms with Gasteiger partial charge in [-0.3, -0.25) is 34.2 Å². The average Bonchev–Trinajstić information content (AvgIpc) is 3.93. The number of anilines is 1. The number of hydrogen-bond donors (Lipinski definition) is 2. The number of H-pyrrole nitrogens is 1. The van der Waals surface area contributed by atoms with Gasteiger partial charge in [-0.2, -0.15) is 5.10 Å². The Morgan fingerprint density at radius 2 is 1.73 bits per heavy atom. The number of imide groups is 1. The summed E-state index contributed by atoms with van der Waals surface area (Å²) >= 11 is 0. The van der Waals surface area contributed by atoms with Crippen LogP contribution in [0.2, 0.25) is 0 Å². The highest BCUT2D eigenvalue weighted by atomic mass is 19.2. The van der Waals surface area contributed by atoms with Crippen molar-refractivity contribution in [1.82, 2.24) is 34.9 Å². The van der Waals surface area contributed by atoms with Crippen molar-refractivity contribution in [3.63, 3.8) is 0 Å². The van der Waals surface area contributed by atoms with Crippen molar-refractivity contribution < 1.29 is 36.7 Å². The number of rotatable bonds is 9. The highest BCUT2D eigenvalue weighted by Crippen LogP contribution is 2.41. The molecule has 8 rings (SSSR count). The summed E-state index contributed by atoms with van der Waals surface area (Å²) in [5, 5.41) is 6.61. The van der Waals surface area contributed by atoms with E-state index >= 15 is 17.6 Å². The highest BCUT2D eigenvalue weighted by Gasteiger charge is 2.32. The zero-order chi connectivity index (χ0) is 41.5. The van der Waals surface area contributed by atoms with Crippen molar-refractivity contribution in [2.45, 2.75) is 56.9 Å². The molecule has 59 heavy (non-hydrogen) atoms. The molecule has 1 atom stereocenters. The van der Waals surface area contributed by atoms with Gasteiger partial charge in [-0.25, -0.2) is 17.6 Å². The topological polar surface area (TPSA) is 137 Å². The number of nitrogens with one attached hydrogen (secondary N) is 2. The van der Waals surface area contributed by atoms with Crippen molar-refractivity contribution in [1.29, 1.82) is 0 Å². The molecule has 1 unspecified atom stereocenters. The molecule has 0 radical (unpaired) electrons. The number of aryl methyl sites for hydroxylation is 1. The van der Waals surface area contributed by atoms with Crippen LogP contribution in [0.15, 0.2) is 61.1 Å². The standard InChI is InChI=1S/C43H42F4N8O4/c1-52(2)43(59)33-21-31-30(20-29(38(46)41(31)50-33)25-5-3-14-54(23-25)36(57)12-18-55-15-4-13-49-55)28-6-8-34(39(47)37(28)45)53-16-10-24(11-17-53)40-32(44)19-26(22-48-40)27-7-9-35(56)51-42(27)58/h4-6,8,13,15,19-22,24,27,50H,3,7,9-12,14,16-18,23H2,1-2H3,(H,51,56,58). The van der Waals surface area contributed by atoms with Crippen molar-refractivity contribution in [2.24, 2.45) is 0 Å². The number of aromatic amines is 1. The van der Waals surface area contributed by atoms with E-state index in [-0.39, 0.29) is 101 Å². The average molecular weight is 811 g/mol. The maximum atomic E-state index is 16.5. The fourth-order valence-electron chi connectivity index (χ4n) is 8.38. The van der Waals surface area contributed by atoms with Gasteiger partial charge >= 0.3 is 0 Å². The molecule has 2 fully saturated rings. The number of hydrogen-bond acceptors (Lipinski definition) is 7. The number of nitrogens with zero attached hydrogens (tertiary/aromatic N) is 6. The van der Waals surface area contributed by atoms with E-state index in [0.29, 0.717) is 43.5 Å². The molecular formula is C43H42F4N8O4.